The predicted octanol–water partition coefficient (Wildman–Crippen LogP) is 2.61. The summed E-state index contributed by atoms with van der Waals surface area (Å²) in [4.78, 5) is 27.5. The standard InChI is InChI=1S/C18H25N5O2/c1-18(2,3)25-17(24)23-12-5-4-7-14(23)16-21-11-8-13(22-16)15-19-9-6-10-20-15/h6,8-10,14H,4-5,7,11-12H2,1-3H3,(H,21,22). The molecule has 1 saturated heterocycles. The molecule has 1 aromatic heterocycles. The summed E-state index contributed by atoms with van der Waals surface area (Å²) in [6.07, 6.45) is 8.01. The van der Waals surface area contributed by atoms with E-state index in [0.29, 0.717) is 18.9 Å². The van der Waals surface area contributed by atoms with Crippen LogP contribution < -0.4 is 5.32 Å². The van der Waals surface area contributed by atoms with Crippen molar-refractivity contribution in [2.45, 2.75) is 51.7 Å². The largest absolute Gasteiger partial charge is 0.444 e. The molecule has 0 radical (unpaired) electrons. The Labute approximate surface area is 148 Å². The van der Waals surface area contributed by atoms with Gasteiger partial charge >= 0.3 is 6.09 Å². The van der Waals surface area contributed by atoms with Crippen molar-refractivity contribution in [2.24, 2.45) is 4.99 Å². The van der Waals surface area contributed by atoms with Crippen molar-refractivity contribution in [1.82, 2.24) is 20.2 Å². The van der Waals surface area contributed by atoms with Crippen LogP contribution in [-0.2, 0) is 4.74 Å². The minimum Gasteiger partial charge on any atom is -0.444 e. The predicted molar refractivity (Wildman–Crippen MR) is 96.0 cm³/mol. The van der Waals surface area contributed by atoms with Gasteiger partial charge in [-0.25, -0.2) is 14.8 Å². The number of aromatic nitrogens is 2. The fraction of sp³-hybridized carbons (Fsp3) is 0.556. The minimum atomic E-state index is -0.510. The summed E-state index contributed by atoms with van der Waals surface area (Å²) in [6.45, 7) is 6.88. The quantitative estimate of drug-likeness (QED) is 0.893. The molecule has 1 amide bonds. The van der Waals surface area contributed by atoms with Crippen molar-refractivity contribution < 1.29 is 9.53 Å². The molecule has 1 fully saturated rings. The van der Waals surface area contributed by atoms with Gasteiger partial charge in [-0.2, -0.15) is 0 Å². The normalized spacial score (nSPS) is 21.1. The molecule has 0 spiro atoms. The Morgan fingerprint density at radius 3 is 2.76 bits per heavy atom. The maximum Gasteiger partial charge on any atom is 0.410 e. The van der Waals surface area contributed by atoms with Gasteiger partial charge in [-0.05, 0) is 52.2 Å². The smallest absolute Gasteiger partial charge is 0.410 e. The molecule has 2 aliphatic heterocycles. The molecule has 7 heteroatoms. The maximum atomic E-state index is 12.6. The van der Waals surface area contributed by atoms with Crippen LogP contribution in [0.2, 0.25) is 0 Å². The van der Waals surface area contributed by atoms with Crippen molar-refractivity contribution in [3.05, 3.63) is 30.4 Å². The van der Waals surface area contributed by atoms with E-state index in [9.17, 15) is 4.79 Å². The summed E-state index contributed by atoms with van der Waals surface area (Å²) in [5.41, 5.74) is 0.324. The fourth-order valence-corrected chi connectivity index (χ4v) is 2.99. The lowest BCUT2D eigenvalue weighted by atomic mass is 10.0. The Bertz CT molecular complexity index is 678. The Kier molecular flexibility index (Phi) is 5.01. The van der Waals surface area contributed by atoms with E-state index in [1.54, 1.807) is 23.4 Å². The number of amides is 1. The summed E-state index contributed by atoms with van der Waals surface area (Å²) in [6, 6.07) is 1.68. The van der Waals surface area contributed by atoms with Crippen LogP contribution in [0.3, 0.4) is 0 Å². The van der Waals surface area contributed by atoms with Gasteiger partial charge < -0.3 is 10.1 Å². The highest BCUT2D eigenvalue weighted by Crippen LogP contribution is 2.23. The number of carbonyl (C=O) groups excluding carboxylic acids is 1. The van der Waals surface area contributed by atoms with E-state index in [1.807, 2.05) is 26.8 Å². The topological polar surface area (TPSA) is 79.7 Å². The highest BCUT2D eigenvalue weighted by molar-refractivity contribution is 5.97. The Morgan fingerprint density at radius 1 is 1.28 bits per heavy atom. The van der Waals surface area contributed by atoms with Gasteiger partial charge in [0, 0.05) is 18.9 Å². The molecular weight excluding hydrogens is 318 g/mol. The lowest BCUT2D eigenvalue weighted by Gasteiger charge is -2.38. The maximum absolute atomic E-state index is 12.6. The summed E-state index contributed by atoms with van der Waals surface area (Å²) in [7, 11) is 0. The van der Waals surface area contributed by atoms with Crippen molar-refractivity contribution in [3.8, 4) is 0 Å². The van der Waals surface area contributed by atoms with E-state index in [2.05, 4.69) is 20.3 Å². The third-order valence-corrected chi connectivity index (χ3v) is 4.07. The first-order valence-electron chi connectivity index (χ1n) is 8.72. The average Bonchev–Trinajstić information content (AvgIpc) is 2.61. The van der Waals surface area contributed by atoms with Crippen LogP contribution in [0.25, 0.3) is 5.70 Å². The molecule has 0 aliphatic carbocycles. The molecule has 0 bridgehead atoms. The molecule has 7 nitrogen and oxygen atoms in total. The molecule has 1 atom stereocenters. The van der Waals surface area contributed by atoms with Crippen molar-refractivity contribution in [2.75, 3.05) is 13.1 Å². The van der Waals surface area contributed by atoms with E-state index in [-0.39, 0.29) is 12.1 Å². The Morgan fingerprint density at radius 2 is 2.04 bits per heavy atom. The minimum absolute atomic E-state index is 0.101. The first kappa shape index (κ1) is 17.4. The second-order valence-corrected chi connectivity index (χ2v) is 7.23. The third kappa shape index (κ3) is 4.35. The van der Waals surface area contributed by atoms with Crippen LogP contribution in [0, 0.1) is 0 Å². The second-order valence-electron chi connectivity index (χ2n) is 7.23. The zero-order valence-corrected chi connectivity index (χ0v) is 15.0. The number of nitrogens with zero attached hydrogens (tertiary/aromatic N) is 4. The zero-order valence-electron chi connectivity index (χ0n) is 15.0. The van der Waals surface area contributed by atoms with Gasteiger partial charge in [0.15, 0.2) is 5.82 Å². The van der Waals surface area contributed by atoms with Crippen LogP contribution in [0.1, 0.15) is 45.9 Å². The number of nitrogens with one attached hydrogen (secondary N) is 1. The van der Waals surface area contributed by atoms with E-state index in [0.717, 1.165) is 30.8 Å². The molecular formula is C18H25N5O2. The highest BCUT2D eigenvalue weighted by atomic mass is 16.6. The number of piperidine rings is 1. The number of hydrogen-bond acceptors (Lipinski definition) is 6. The van der Waals surface area contributed by atoms with Crippen molar-refractivity contribution >= 4 is 17.6 Å². The number of amidine groups is 1. The number of rotatable bonds is 2. The number of hydrogen-bond donors (Lipinski definition) is 1. The number of ether oxygens (including phenoxy) is 1. The summed E-state index contributed by atoms with van der Waals surface area (Å²) in [5, 5.41) is 3.32. The van der Waals surface area contributed by atoms with Crippen LogP contribution in [-0.4, -0.2) is 51.5 Å². The van der Waals surface area contributed by atoms with Gasteiger partial charge in [0.1, 0.15) is 11.4 Å². The van der Waals surface area contributed by atoms with Gasteiger partial charge in [0.25, 0.3) is 0 Å². The zero-order chi connectivity index (χ0) is 17.9. The number of carbonyl (C=O) groups is 1. The van der Waals surface area contributed by atoms with E-state index < -0.39 is 5.60 Å². The first-order valence-corrected chi connectivity index (χ1v) is 8.72. The Balaban J connectivity index is 1.74. The molecule has 1 N–H and O–H groups in total. The molecule has 25 heavy (non-hydrogen) atoms. The van der Waals surface area contributed by atoms with E-state index in [4.69, 9.17) is 4.74 Å². The number of aliphatic imine (C=N–C) groups is 1. The van der Waals surface area contributed by atoms with Crippen LogP contribution >= 0.6 is 0 Å². The van der Waals surface area contributed by atoms with Crippen molar-refractivity contribution in [3.63, 3.8) is 0 Å². The SMILES string of the molecule is CC(C)(C)OC(=O)N1CCCCC1C1=NCC=C(c2ncccn2)N1. The third-order valence-electron chi connectivity index (χ3n) is 4.07. The molecule has 2 aliphatic rings. The van der Waals surface area contributed by atoms with Crippen LogP contribution in [0.5, 0.6) is 0 Å². The van der Waals surface area contributed by atoms with Crippen LogP contribution in [0.15, 0.2) is 29.5 Å². The highest BCUT2D eigenvalue weighted by Gasteiger charge is 2.34. The molecule has 1 unspecified atom stereocenters. The lowest BCUT2D eigenvalue weighted by molar-refractivity contribution is 0.0164. The fourth-order valence-electron chi connectivity index (χ4n) is 2.99. The summed E-state index contributed by atoms with van der Waals surface area (Å²) in [5.74, 6) is 1.42. The monoisotopic (exact) mass is 343 g/mol. The van der Waals surface area contributed by atoms with Crippen LogP contribution in [0.4, 0.5) is 4.79 Å². The van der Waals surface area contributed by atoms with E-state index >= 15 is 0 Å². The molecule has 3 heterocycles. The summed E-state index contributed by atoms with van der Waals surface area (Å²) < 4.78 is 5.57. The van der Waals surface area contributed by atoms with Gasteiger partial charge in [-0.1, -0.05) is 0 Å². The number of likely N-dealkylation sites (tertiary alicyclic amines) is 1. The molecule has 3 rings (SSSR count). The van der Waals surface area contributed by atoms with Gasteiger partial charge in [-0.15, -0.1) is 0 Å². The first-order chi connectivity index (χ1) is 11.9. The van der Waals surface area contributed by atoms with Crippen molar-refractivity contribution in [1.29, 1.82) is 0 Å². The molecule has 0 saturated carbocycles. The van der Waals surface area contributed by atoms with Gasteiger partial charge in [-0.3, -0.25) is 9.89 Å². The molecule has 134 valence electrons. The molecule has 1 aromatic rings. The van der Waals surface area contributed by atoms with E-state index in [1.165, 1.54) is 0 Å². The lowest BCUT2D eigenvalue weighted by Crippen LogP contribution is -2.53. The second kappa shape index (κ2) is 7.21. The van der Waals surface area contributed by atoms with Gasteiger partial charge in [0.2, 0.25) is 0 Å². The summed E-state index contributed by atoms with van der Waals surface area (Å²) >= 11 is 0. The average molecular weight is 343 g/mol. The van der Waals surface area contributed by atoms with Gasteiger partial charge in [0.05, 0.1) is 18.3 Å². The Hall–Kier alpha value is -2.44. The molecule has 0 aromatic carbocycles.